The van der Waals surface area contributed by atoms with E-state index < -0.39 is 0 Å². The number of nitrogens with one attached hydrogen (secondary N) is 1. The first-order chi connectivity index (χ1) is 14.4. The number of H-pyrrole nitrogens is 1. The third kappa shape index (κ3) is 3.97. The van der Waals surface area contributed by atoms with Gasteiger partial charge < -0.3 is 14.0 Å². The Labute approximate surface area is 174 Å². The molecule has 0 aliphatic heterocycles. The third-order valence-corrected chi connectivity index (χ3v) is 5.26. The van der Waals surface area contributed by atoms with Gasteiger partial charge in [0.05, 0.1) is 36.8 Å². The number of carbonyl (C=O) groups is 1. The summed E-state index contributed by atoms with van der Waals surface area (Å²) in [5.74, 6) is 1.41. The van der Waals surface area contributed by atoms with E-state index in [9.17, 15) is 9.59 Å². The fraction of sp³-hybridized carbons (Fsp3) is 0.261. The molecule has 0 amide bonds. The van der Waals surface area contributed by atoms with Gasteiger partial charge >= 0.3 is 0 Å². The lowest BCUT2D eigenvalue weighted by Gasteiger charge is -2.15. The maximum Gasteiger partial charge on any atom is 0.258 e. The van der Waals surface area contributed by atoms with Gasteiger partial charge in [-0.1, -0.05) is 12.1 Å². The van der Waals surface area contributed by atoms with Crippen LogP contribution in [-0.2, 0) is 13.1 Å². The number of likely N-dealkylation sites (N-methyl/N-ethyl adjacent to an activating group) is 1. The van der Waals surface area contributed by atoms with Crippen LogP contribution in [0.5, 0.6) is 0 Å². The van der Waals surface area contributed by atoms with Gasteiger partial charge in [0.2, 0.25) is 0 Å². The van der Waals surface area contributed by atoms with E-state index in [1.165, 1.54) is 0 Å². The number of ketones is 1. The largest absolute Gasteiger partial charge is 0.467 e. The molecule has 7 heteroatoms. The Morgan fingerprint density at radius 2 is 2.00 bits per heavy atom. The SMILES string of the molecule is Cc1cc(C(=O)CN(C)Cc2nc3ccccc3c(=O)[nH]2)c(C)n1Cc1ccco1. The molecule has 1 N–H and O–H groups in total. The van der Waals surface area contributed by atoms with Crippen LogP contribution in [0.3, 0.4) is 0 Å². The monoisotopic (exact) mass is 404 g/mol. The molecule has 0 saturated carbocycles. The number of hydrogen-bond acceptors (Lipinski definition) is 5. The van der Waals surface area contributed by atoms with Gasteiger partial charge in [0.15, 0.2) is 5.78 Å². The van der Waals surface area contributed by atoms with Crippen molar-refractivity contribution in [2.45, 2.75) is 26.9 Å². The first-order valence-electron chi connectivity index (χ1n) is 9.81. The zero-order valence-corrected chi connectivity index (χ0v) is 17.3. The number of aromatic nitrogens is 3. The maximum atomic E-state index is 12.9. The van der Waals surface area contributed by atoms with E-state index in [1.54, 1.807) is 12.3 Å². The van der Waals surface area contributed by atoms with Crippen molar-refractivity contribution in [2.75, 3.05) is 13.6 Å². The van der Waals surface area contributed by atoms with E-state index in [-0.39, 0.29) is 17.9 Å². The number of Topliss-reactive ketones (excluding diaryl/α,β-unsaturated/α-hetero) is 1. The van der Waals surface area contributed by atoms with E-state index in [0.717, 1.165) is 17.1 Å². The molecule has 154 valence electrons. The molecule has 0 saturated heterocycles. The highest BCUT2D eigenvalue weighted by Gasteiger charge is 2.18. The van der Waals surface area contributed by atoms with Crippen LogP contribution in [0.2, 0.25) is 0 Å². The molecule has 0 unspecified atom stereocenters. The van der Waals surface area contributed by atoms with Crippen LogP contribution in [-0.4, -0.2) is 38.8 Å². The summed E-state index contributed by atoms with van der Waals surface area (Å²) in [5, 5.41) is 0.559. The number of rotatable bonds is 7. The lowest BCUT2D eigenvalue weighted by molar-refractivity contribution is 0.0941. The summed E-state index contributed by atoms with van der Waals surface area (Å²) in [6, 6.07) is 12.9. The summed E-state index contributed by atoms with van der Waals surface area (Å²) in [7, 11) is 1.84. The molecule has 7 nitrogen and oxygen atoms in total. The Morgan fingerprint density at radius 1 is 1.20 bits per heavy atom. The van der Waals surface area contributed by atoms with Crippen molar-refractivity contribution in [3.05, 3.63) is 87.6 Å². The molecular weight excluding hydrogens is 380 g/mol. The lowest BCUT2D eigenvalue weighted by atomic mass is 10.1. The van der Waals surface area contributed by atoms with Crippen LogP contribution >= 0.6 is 0 Å². The Morgan fingerprint density at radius 3 is 2.77 bits per heavy atom. The molecule has 0 fully saturated rings. The van der Waals surface area contributed by atoms with E-state index in [2.05, 4.69) is 14.5 Å². The molecule has 0 radical (unpaired) electrons. The van der Waals surface area contributed by atoms with Crippen molar-refractivity contribution in [1.82, 2.24) is 19.4 Å². The van der Waals surface area contributed by atoms with Gasteiger partial charge in [-0.15, -0.1) is 0 Å². The minimum Gasteiger partial charge on any atom is -0.467 e. The topological polar surface area (TPSA) is 84.1 Å². The standard InChI is InChI=1S/C23H24N4O3/c1-15-11-19(16(2)27(15)12-17-7-6-10-30-17)21(28)13-26(3)14-22-24-20-9-5-4-8-18(20)23(29)25-22/h4-11H,12-14H2,1-3H3,(H,24,25,29). The number of aryl methyl sites for hydroxylation is 1. The molecule has 3 aromatic heterocycles. The second-order valence-corrected chi connectivity index (χ2v) is 7.58. The normalized spacial score (nSPS) is 11.5. The Kier molecular flexibility index (Phi) is 5.37. The Balaban J connectivity index is 1.48. The number of carbonyl (C=O) groups excluding carboxylic acids is 1. The molecule has 0 spiro atoms. The second kappa shape index (κ2) is 8.12. The van der Waals surface area contributed by atoms with E-state index in [0.29, 0.717) is 35.4 Å². The number of nitrogens with zero attached hydrogens (tertiary/aromatic N) is 3. The summed E-state index contributed by atoms with van der Waals surface area (Å²) >= 11 is 0. The molecule has 0 atom stereocenters. The molecule has 0 aliphatic rings. The number of furan rings is 1. The van der Waals surface area contributed by atoms with Crippen molar-refractivity contribution >= 4 is 16.7 Å². The fourth-order valence-electron chi connectivity index (χ4n) is 3.74. The smallest absolute Gasteiger partial charge is 0.258 e. The van der Waals surface area contributed by atoms with E-state index >= 15 is 0 Å². The lowest BCUT2D eigenvalue weighted by Crippen LogP contribution is -2.28. The Bertz CT molecular complexity index is 1250. The summed E-state index contributed by atoms with van der Waals surface area (Å²) in [6.45, 7) is 5.13. The van der Waals surface area contributed by atoms with Crippen LogP contribution in [0.15, 0.2) is 57.9 Å². The van der Waals surface area contributed by atoms with E-state index in [1.807, 2.05) is 62.2 Å². The summed E-state index contributed by atoms with van der Waals surface area (Å²) < 4.78 is 7.52. The minimum absolute atomic E-state index is 0.0273. The molecule has 30 heavy (non-hydrogen) atoms. The number of benzene rings is 1. The Hall–Kier alpha value is -3.45. The van der Waals surface area contributed by atoms with Gasteiger partial charge in [-0.25, -0.2) is 4.98 Å². The second-order valence-electron chi connectivity index (χ2n) is 7.58. The first kappa shape index (κ1) is 19.8. The summed E-state index contributed by atoms with van der Waals surface area (Å²) in [4.78, 5) is 34.4. The van der Waals surface area contributed by atoms with Gasteiger partial charge in [0.25, 0.3) is 5.56 Å². The van der Waals surface area contributed by atoms with Gasteiger partial charge in [0.1, 0.15) is 11.6 Å². The predicted octanol–water partition coefficient (Wildman–Crippen LogP) is 3.30. The number of para-hydroxylation sites is 1. The average molecular weight is 404 g/mol. The number of aromatic amines is 1. The van der Waals surface area contributed by atoms with Crippen molar-refractivity contribution in [3.63, 3.8) is 0 Å². The molecule has 1 aromatic carbocycles. The molecule has 0 aliphatic carbocycles. The number of hydrogen-bond donors (Lipinski definition) is 1. The van der Waals surface area contributed by atoms with Crippen molar-refractivity contribution in [2.24, 2.45) is 0 Å². The summed E-state index contributed by atoms with van der Waals surface area (Å²) in [5.41, 5.74) is 3.11. The van der Waals surface area contributed by atoms with Crippen molar-refractivity contribution < 1.29 is 9.21 Å². The fourth-order valence-corrected chi connectivity index (χ4v) is 3.74. The molecule has 3 heterocycles. The highest BCUT2D eigenvalue weighted by Crippen LogP contribution is 2.18. The number of fused-ring (bicyclic) bond motifs is 1. The van der Waals surface area contributed by atoms with Crippen molar-refractivity contribution in [3.8, 4) is 0 Å². The van der Waals surface area contributed by atoms with Gasteiger partial charge in [-0.2, -0.15) is 0 Å². The molecule has 4 aromatic rings. The molecular formula is C23H24N4O3. The van der Waals surface area contributed by atoms with Crippen LogP contribution < -0.4 is 5.56 Å². The molecule has 0 bridgehead atoms. The zero-order chi connectivity index (χ0) is 21.3. The highest BCUT2D eigenvalue weighted by atomic mass is 16.3. The van der Waals surface area contributed by atoms with Gasteiger partial charge in [-0.3, -0.25) is 14.5 Å². The minimum atomic E-state index is -0.170. The van der Waals surface area contributed by atoms with Gasteiger partial charge in [-0.05, 0) is 51.2 Å². The van der Waals surface area contributed by atoms with Crippen LogP contribution in [0, 0.1) is 13.8 Å². The summed E-state index contributed by atoms with van der Waals surface area (Å²) in [6.07, 6.45) is 1.65. The maximum absolute atomic E-state index is 12.9. The van der Waals surface area contributed by atoms with Crippen LogP contribution in [0.1, 0.15) is 33.3 Å². The zero-order valence-electron chi connectivity index (χ0n) is 17.3. The first-order valence-corrected chi connectivity index (χ1v) is 9.81. The van der Waals surface area contributed by atoms with Crippen LogP contribution in [0.25, 0.3) is 10.9 Å². The predicted molar refractivity (Wildman–Crippen MR) is 115 cm³/mol. The van der Waals surface area contributed by atoms with Crippen LogP contribution in [0.4, 0.5) is 0 Å². The quantitative estimate of drug-likeness (QED) is 0.478. The third-order valence-electron chi connectivity index (χ3n) is 5.26. The molecule has 4 rings (SSSR count). The van der Waals surface area contributed by atoms with Crippen molar-refractivity contribution in [1.29, 1.82) is 0 Å². The highest BCUT2D eigenvalue weighted by molar-refractivity contribution is 5.99. The average Bonchev–Trinajstić information content (AvgIpc) is 3.31. The van der Waals surface area contributed by atoms with Gasteiger partial charge in [0, 0.05) is 17.0 Å². The van der Waals surface area contributed by atoms with E-state index in [4.69, 9.17) is 4.42 Å².